The summed E-state index contributed by atoms with van der Waals surface area (Å²) >= 11 is 0. The molecule has 2 N–H and O–H groups in total. The number of rotatable bonds is 6. The first kappa shape index (κ1) is 15.8. The first-order valence-corrected chi connectivity index (χ1v) is 7.52. The van der Waals surface area contributed by atoms with Crippen LogP contribution in [0.2, 0.25) is 0 Å². The summed E-state index contributed by atoms with van der Waals surface area (Å²) < 4.78 is 5.68. The van der Waals surface area contributed by atoms with Crippen LogP contribution in [0.3, 0.4) is 0 Å². The van der Waals surface area contributed by atoms with Gasteiger partial charge in [0.15, 0.2) is 0 Å². The first-order valence-electron chi connectivity index (χ1n) is 7.52. The number of hydrogen-bond donors (Lipinski definition) is 2. The molecule has 0 bridgehead atoms. The van der Waals surface area contributed by atoms with E-state index < -0.39 is 12.1 Å². The summed E-state index contributed by atoms with van der Waals surface area (Å²) in [5.74, 6) is -0.137. The number of hydrogen-bond acceptors (Lipinski definition) is 4. The molecule has 0 radical (unpaired) electrons. The number of allylic oxidation sites excluding steroid dienone is 2. The molecule has 0 aromatic carbocycles. The van der Waals surface area contributed by atoms with Crippen molar-refractivity contribution in [3.05, 3.63) is 23.5 Å². The van der Waals surface area contributed by atoms with Gasteiger partial charge in [-0.05, 0) is 43.4 Å². The Hall–Kier alpha value is -1.62. The fraction of sp³-hybridized carbons (Fsp3) is 0.625. The predicted molar refractivity (Wildman–Crippen MR) is 76.6 cm³/mol. The topological polar surface area (TPSA) is 83.8 Å². The number of carbonyl (C=O) groups is 2. The zero-order valence-corrected chi connectivity index (χ0v) is 12.1. The Bertz CT molecular complexity index is 463. The van der Waals surface area contributed by atoms with Gasteiger partial charge in [0.1, 0.15) is 11.5 Å². The molecule has 0 heterocycles. The minimum atomic E-state index is -1.02. The second kappa shape index (κ2) is 7.41. The zero-order chi connectivity index (χ0) is 15.2. The number of ketones is 1. The summed E-state index contributed by atoms with van der Waals surface area (Å²) in [7, 11) is 0. The molecule has 1 saturated carbocycles. The van der Waals surface area contributed by atoms with Crippen molar-refractivity contribution in [3.8, 4) is 0 Å². The Morgan fingerprint density at radius 1 is 1.38 bits per heavy atom. The van der Waals surface area contributed by atoms with E-state index in [-0.39, 0.29) is 18.1 Å². The Morgan fingerprint density at radius 2 is 2.19 bits per heavy atom. The van der Waals surface area contributed by atoms with Gasteiger partial charge in [-0.15, -0.1) is 0 Å². The summed E-state index contributed by atoms with van der Waals surface area (Å²) in [4.78, 5) is 22.4. The normalized spacial score (nSPS) is 24.0. The van der Waals surface area contributed by atoms with Crippen molar-refractivity contribution in [1.29, 1.82) is 0 Å². The fourth-order valence-corrected chi connectivity index (χ4v) is 2.78. The molecule has 116 valence electrons. The Kier molecular flexibility index (Phi) is 5.56. The first-order chi connectivity index (χ1) is 10.1. The molecule has 2 aliphatic rings. The molecule has 0 amide bonds. The molecule has 2 aliphatic carbocycles. The molecule has 1 fully saturated rings. The van der Waals surface area contributed by atoms with Crippen LogP contribution in [0.4, 0.5) is 0 Å². The van der Waals surface area contributed by atoms with E-state index in [1.807, 2.05) is 6.08 Å². The lowest BCUT2D eigenvalue weighted by molar-refractivity contribution is -0.138. The monoisotopic (exact) mass is 294 g/mol. The fourth-order valence-electron chi connectivity index (χ4n) is 2.78. The number of Topliss-reactive ketones (excluding diaryl/α,β-unsaturated/α-hetero) is 1. The molecule has 2 rings (SSSR count). The summed E-state index contributed by atoms with van der Waals surface area (Å²) in [6.45, 7) is 0.378. The van der Waals surface area contributed by atoms with Crippen molar-refractivity contribution < 1.29 is 24.5 Å². The van der Waals surface area contributed by atoms with Crippen LogP contribution in [0.5, 0.6) is 0 Å². The number of carboxylic acid groups (broad SMARTS) is 1. The van der Waals surface area contributed by atoms with Crippen molar-refractivity contribution in [3.63, 3.8) is 0 Å². The van der Waals surface area contributed by atoms with Gasteiger partial charge >= 0.3 is 5.97 Å². The molecule has 0 aliphatic heterocycles. The number of carboxylic acids is 1. The van der Waals surface area contributed by atoms with E-state index in [4.69, 9.17) is 9.84 Å². The minimum Gasteiger partial charge on any atom is -0.493 e. The van der Waals surface area contributed by atoms with Gasteiger partial charge in [-0.1, -0.05) is 6.42 Å². The molecule has 21 heavy (non-hydrogen) atoms. The highest BCUT2D eigenvalue weighted by Gasteiger charge is 2.23. The maximum Gasteiger partial charge on any atom is 0.306 e. The highest BCUT2D eigenvalue weighted by Crippen LogP contribution is 2.25. The standard InChI is InChI=1S/C16H22O5/c17-14-7-2-1-4-12(14)10-21-13-6-3-5-11(8-13)15(18)9-16(19)20/h6,8,12,15,18H,1-5,7,9-10H2,(H,19,20)/t12-,15?/m1/s1. The lowest BCUT2D eigenvalue weighted by atomic mass is 9.88. The zero-order valence-electron chi connectivity index (χ0n) is 12.1. The molecule has 1 unspecified atom stereocenters. The second-order valence-electron chi connectivity index (χ2n) is 5.70. The van der Waals surface area contributed by atoms with Gasteiger partial charge in [0.25, 0.3) is 0 Å². The van der Waals surface area contributed by atoms with Crippen LogP contribution in [-0.2, 0) is 14.3 Å². The van der Waals surface area contributed by atoms with Crippen LogP contribution < -0.4 is 0 Å². The van der Waals surface area contributed by atoms with E-state index in [1.54, 1.807) is 6.08 Å². The van der Waals surface area contributed by atoms with Crippen molar-refractivity contribution in [2.45, 2.75) is 51.0 Å². The Labute approximate surface area is 124 Å². The number of aliphatic hydroxyl groups is 1. The van der Waals surface area contributed by atoms with Crippen molar-refractivity contribution in [2.75, 3.05) is 6.61 Å². The number of ether oxygens (including phenoxy) is 1. The smallest absolute Gasteiger partial charge is 0.306 e. The molecule has 0 aromatic rings. The highest BCUT2D eigenvalue weighted by atomic mass is 16.5. The molecule has 0 spiro atoms. The molecular weight excluding hydrogens is 272 g/mol. The maximum absolute atomic E-state index is 11.7. The number of carbonyl (C=O) groups excluding carboxylic acids is 1. The van der Waals surface area contributed by atoms with Crippen LogP contribution in [-0.4, -0.2) is 34.7 Å². The lowest BCUT2D eigenvalue weighted by Gasteiger charge is -2.23. The highest BCUT2D eigenvalue weighted by molar-refractivity contribution is 5.81. The van der Waals surface area contributed by atoms with E-state index in [2.05, 4.69) is 0 Å². The van der Waals surface area contributed by atoms with Crippen LogP contribution in [0.15, 0.2) is 23.5 Å². The Balaban J connectivity index is 1.88. The number of aliphatic hydroxyl groups excluding tert-OH is 1. The van der Waals surface area contributed by atoms with Crippen LogP contribution in [0, 0.1) is 5.92 Å². The van der Waals surface area contributed by atoms with Crippen LogP contribution >= 0.6 is 0 Å². The van der Waals surface area contributed by atoms with Gasteiger partial charge in [0, 0.05) is 6.42 Å². The van der Waals surface area contributed by atoms with Gasteiger partial charge in [-0.2, -0.15) is 0 Å². The number of aliphatic carboxylic acids is 1. The van der Waals surface area contributed by atoms with Gasteiger partial charge in [0.2, 0.25) is 0 Å². The van der Waals surface area contributed by atoms with Gasteiger partial charge < -0.3 is 14.9 Å². The predicted octanol–water partition coefficient (Wildman–Crippen LogP) is 2.20. The molecular formula is C16H22O5. The van der Waals surface area contributed by atoms with Gasteiger partial charge in [-0.25, -0.2) is 0 Å². The van der Waals surface area contributed by atoms with E-state index in [9.17, 15) is 14.7 Å². The third-order valence-electron chi connectivity index (χ3n) is 4.03. The maximum atomic E-state index is 11.7. The average Bonchev–Trinajstić information content (AvgIpc) is 2.46. The van der Waals surface area contributed by atoms with Crippen molar-refractivity contribution >= 4 is 11.8 Å². The molecule has 0 saturated heterocycles. The lowest BCUT2D eigenvalue weighted by Crippen LogP contribution is -2.24. The quantitative estimate of drug-likeness (QED) is 0.784. The summed E-state index contributed by atoms with van der Waals surface area (Å²) in [6.07, 6.45) is 7.30. The molecule has 5 heteroatoms. The Morgan fingerprint density at radius 3 is 2.90 bits per heavy atom. The van der Waals surface area contributed by atoms with Gasteiger partial charge in [-0.3, -0.25) is 9.59 Å². The van der Waals surface area contributed by atoms with E-state index in [1.165, 1.54) is 0 Å². The minimum absolute atomic E-state index is 0.0256. The van der Waals surface area contributed by atoms with Crippen LogP contribution in [0.1, 0.15) is 44.9 Å². The molecule has 0 aromatic heterocycles. The van der Waals surface area contributed by atoms with Gasteiger partial charge in [0.05, 0.1) is 25.0 Å². The van der Waals surface area contributed by atoms with Crippen molar-refractivity contribution in [2.24, 2.45) is 5.92 Å². The SMILES string of the molecule is O=C(O)CC(O)C1=CC(OC[C@H]2CCCCC2=O)=CCC1. The average molecular weight is 294 g/mol. The second-order valence-corrected chi connectivity index (χ2v) is 5.70. The van der Waals surface area contributed by atoms with E-state index in [0.717, 1.165) is 25.7 Å². The van der Waals surface area contributed by atoms with E-state index in [0.29, 0.717) is 30.8 Å². The molecule has 2 atom stereocenters. The van der Waals surface area contributed by atoms with Crippen LogP contribution in [0.25, 0.3) is 0 Å². The summed E-state index contributed by atoms with van der Waals surface area (Å²) in [5, 5.41) is 18.5. The third kappa shape index (κ3) is 4.70. The largest absolute Gasteiger partial charge is 0.493 e. The van der Waals surface area contributed by atoms with Crippen molar-refractivity contribution in [1.82, 2.24) is 0 Å². The van der Waals surface area contributed by atoms with E-state index >= 15 is 0 Å². The summed E-state index contributed by atoms with van der Waals surface area (Å²) in [6, 6.07) is 0. The summed E-state index contributed by atoms with van der Waals surface area (Å²) in [5.41, 5.74) is 0.685. The third-order valence-corrected chi connectivity index (χ3v) is 4.03. The molecule has 5 nitrogen and oxygen atoms in total.